The number of hydrogen-bond donors (Lipinski definition) is 2. The van der Waals surface area contributed by atoms with Gasteiger partial charge in [-0.3, -0.25) is 0 Å². The lowest BCUT2D eigenvalue weighted by molar-refractivity contribution is 0.234. The fourth-order valence-corrected chi connectivity index (χ4v) is 2.11. The zero-order chi connectivity index (χ0) is 12.1. The Morgan fingerprint density at radius 3 is 2.75 bits per heavy atom. The highest BCUT2D eigenvalue weighted by Gasteiger charge is 2.15. The van der Waals surface area contributed by atoms with Gasteiger partial charge in [-0.15, -0.1) is 0 Å². The van der Waals surface area contributed by atoms with Gasteiger partial charge in [0.2, 0.25) is 0 Å². The lowest BCUT2D eigenvalue weighted by Gasteiger charge is -2.22. The lowest BCUT2D eigenvalue weighted by atomic mass is 10.1. The summed E-state index contributed by atoms with van der Waals surface area (Å²) < 4.78 is 0.969. The minimum absolute atomic E-state index is 0.0422. The minimum Gasteiger partial charge on any atom is -0.394 e. The Hall–Kier alpha value is -0.0900. The van der Waals surface area contributed by atoms with E-state index in [9.17, 15) is 5.11 Å². The van der Waals surface area contributed by atoms with Crippen LogP contribution in [0, 0.1) is 0 Å². The molecule has 0 aliphatic rings. The van der Waals surface area contributed by atoms with Crippen molar-refractivity contribution in [2.45, 2.75) is 32.4 Å². The van der Waals surface area contributed by atoms with Crippen molar-refractivity contribution in [2.75, 3.05) is 6.61 Å². The molecule has 2 nitrogen and oxygen atoms in total. The summed E-state index contributed by atoms with van der Waals surface area (Å²) in [6.45, 7) is 4.24. The van der Waals surface area contributed by atoms with Gasteiger partial charge < -0.3 is 10.4 Å². The maximum atomic E-state index is 9.40. The highest BCUT2D eigenvalue weighted by molar-refractivity contribution is 9.10. The first-order valence-electron chi connectivity index (χ1n) is 5.40. The molecule has 2 atom stereocenters. The minimum atomic E-state index is -0.111. The molecule has 1 aromatic rings. The van der Waals surface area contributed by atoms with Crippen LogP contribution in [0.2, 0.25) is 5.02 Å². The number of benzene rings is 1. The first-order valence-corrected chi connectivity index (χ1v) is 6.57. The molecule has 2 N–H and O–H groups in total. The molecule has 0 bridgehead atoms. The van der Waals surface area contributed by atoms with E-state index in [2.05, 4.69) is 35.1 Å². The standard InChI is InChI=1S/C12H17BrClNO/c1-3-8(2)15-12(7-16)10-6-9(13)4-5-11(10)14/h4-6,8,12,15-16H,3,7H2,1-2H3. The Labute approximate surface area is 110 Å². The van der Waals surface area contributed by atoms with Gasteiger partial charge in [-0.1, -0.05) is 34.5 Å². The van der Waals surface area contributed by atoms with E-state index in [1.165, 1.54) is 0 Å². The van der Waals surface area contributed by atoms with Crippen LogP contribution in [0.3, 0.4) is 0 Å². The molecule has 0 aliphatic carbocycles. The third-order valence-electron chi connectivity index (χ3n) is 2.61. The molecule has 0 aliphatic heterocycles. The van der Waals surface area contributed by atoms with Crippen LogP contribution in [-0.2, 0) is 0 Å². The van der Waals surface area contributed by atoms with Crippen LogP contribution in [0.1, 0.15) is 31.9 Å². The molecular formula is C12H17BrClNO. The summed E-state index contributed by atoms with van der Waals surface area (Å²) >= 11 is 9.53. The fraction of sp³-hybridized carbons (Fsp3) is 0.500. The van der Waals surface area contributed by atoms with E-state index < -0.39 is 0 Å². The Bertz CT molecular complexity index is 346. The van der Waals surface area contributed by atoms with E-state index in [-0.39, 0.29) is 12.6 Å². The van der Waals surface area contributed by atoms with Crippen LogP contribution in [-0.4, -0.2) is 17.8 Å². The number of aliphatic hydroxyl groups excluding tert-OH is 1. The maximum Gasteiger partial charge on any atom is 0.0627 e. The second-order valence-electron chi connectivity index (χ2n) is 3.88. The molecule has 4 heteroatoms. The topological polar surface area (TPSA) is 32.3 Å². The Balaban J connectivity index is 2.89. The second kappa shape index (κ2) is 6.60. The molecule has 0 aromatic heterocycles. The average Bonchev–Trinajstić information content (AvgIpc) is 2.29. The third-order valence-corrected chi connectivity index (χ3v) is 3.45. The molecule has 16 heavy (non-hydrogen) atoms. The van der Waals surface area contributed by atoms with Gasteiger partial charge in [0.1, 0.15) is 0 Å². The van der Waals surface area contributed by atoms with Crippen LogP contribution >= 0.6 is 27.5 Å². The number of hydrogen-bond acceptors (Lipinski definition) is 2. The summed E-state index contributed by atoms with van der Waals surface area (Å²) in [5.74, 6) is 0. The summed E-state index contributed by atoms with van der Waals surface area (Å²) in [5, 5.41) is 13.4. The molecule has 0 spiro atoms. The van der Waals surface area contributed by atoms with E-state index in [0.717, 1.165) is 16.5 Å². The van der Waals surface area contributed by atoms with E-state index in [0.29, 0.717) is 11.1 Å². The van der Waals surface area contributed by atoms with Crippen LogP contribution in [0.5, 0.6) is 0 Å². The van der Waals surface area contributed by atoms with Gasteiger partial charge in [0.25, 0.3) is 0 Å². The molecule has 2 unspecified atom stereocenters. The Morgan fingerprint density at radius 2 is 2.19 bits per heavy atom. The van der Waals surface area contributed by atoms with Crippen molar-refractivity contribution in [1.29, 1.82) is 0 Å². The summed E-state index contributed by atoms with van der Waals surface area (Å²) in [6, 6.07) is 5.91. The molecule has 0 radical (unpaired) electrons. The molecule has 1 rings (SSSR count). The van der Waals surface area contributed by atoms with E-state index in [1.54, 1.807) is 0 Å². The van der Waals surface area contributed by atoms with E-state index >= 15 is 0 Å². The molecule has 0 amide bonds. The number of aliphatic hydroxyl groups is 1. The molecular weight excluding hydrogens is 289 g/mol. The van der Waals surface area contributed by atoms with Gasteiger partial charge in [-0.05, 0) is 37.1 Å². The number of halogens is 2. The van der Waals surface area contributed by atoms with Crippen LogP contribution in [0.15, 0.2) is 22.7 Å². The van der Waals surface area contributed by atoms with Crippen molar-refractivity contribution in [3.63, 3.8) is 0 Å². The SMILES string of the molecule is CCC(C)NC(CO)c1cc(Br)ccc1Cl. The summed E-state index contributed by atoms with van der Waals surface area (Å²) in [5.41, 5.74) is 0.929. The van der Waals surface area contributed by atoms with Crippen molar-refractivity contribution in [3.8, 4) is 0 Å². The normalized spacial score (nSPS) is 14.8. The summed E-state index contributed by atoms with van der Waals surface area (Å²) in [4.78, 5) is 0. The van der Waals surface area contributed by atoms with Crippen LogP contribution in [0.4, 0.5) is 0 Å². The zero-order valence-corrected chi connectivity index (χ0v) is 11.8. The van der Waals surface area contributed by atoms with Gasteiger partial charge >= 0.3 is 0 Å². The largest absolute Gasteiger partial charge is 0.394 e. The molecule has 0 saturated heterocycles. The van der Waals surface area contributed by atoms with E-state index in [1.807, 2.05) is 18.2 Å². The highest BCUT2D eigenvalue weighted by Crippen LogP contribution is 2.26. The maximum absolute atomic E-state index is 9.40. The molecule has 0 fully saturated rings. The first kappa shape index (κ1) is 14.0. The van der Waals surface area contributed by atoms with Crippen molar-refractivity contribution in [3.05, 3.63) is 33.3 Å². The van der Waals surface area contributed by atoms with Gasteiger partial charge in [-0.25, -0.2) is 0 Å². The fourth-order valence-electron chi connectivity index (χ4n) is 1.48. The third kappa shape index (κ3) is 3.74. The van der Waals surface area contributed by atoms with Gasteiger partial charge in [0.15, 0.2) is 0 Å². The van der Waals surface area contributed by atoms with Crippen molar-refractivity contribution >= 4 is 27.5 Å². The van der Waals surface area contributed by atoms with Crippen LogP contribution < -0.4 is 5.32 Å². The lowest BCUT2D eigenvalue weighted by Crippen LogP contribution is -2.32. The molecule has 1 aromatic carbocycles. The van der Waals surface area contributed by atoms with Crippen molar-refractivity contribution < 1.29 is 5.11 Å². The predicted molar refractivity (Wildman–Crippen MR) is 71.9 cm³/mol. The summed E-state index contributed by atoms with van der Waals surface area (Å²) in [6.07, 6.45) is 1.02. The Morgan fingerprint density at radius 1 is 1.50 bits per heavy atom. The second-order valence-corrected chi connectivity index (χ2v) is 5.20. The van der Waals surface area contributed by atoms with E-state index in [4.69, 9.17) is 11.6 Å². The van der Waals surface area contributed by atoms with Gasteiger partial charge in [0, 0.05) is 15.5 Å². The monoisotopic (exact) mass is 305 g/mol. The molecule has 0 heterocycles. The highest BCUT2D eigenvalue weighted by atomic mass is 79.9. The predicted octanol–water partition coefficient (Wildman–Crippen LogP) is 3.52. The summed E-state index contributed by atoms with van der Waals surface area (Å²) in [7, 11) is 0. The van der Waals surface area contributed by atoms with Crippen LogP contribution in [0.25, 0.3) is 0 Å². The van der Waals surface area contributed by atoms with Gasteiger partial charge in [0.05, 0.1) is 12.6 Å². The number of nitrogens with one attached hydrogen (secondary N) is 1. The average molecular weight is 307 g/mol. The quantitative estimate of drug-likeness (QED) is 0.872. The smallest absolute Gasteiger partial charge is 0.0627 e. The molecule has 90 valence electrons. The molecule has 0 saturated carbocycles. The number of rotatable bonds is 5. The van der Waals surface area contributed by atoms with Gasteiger partial charge in [-0.2, -0.15) is 0 Å². The van der Waals surface area contributed by atoms with Crippen molar-refractivity contribution in [2.24, 2.45) is 0 Å². The first-order chi connectivity index (χ1) is 7.58. The zero-order valence-electron chi connectivity index (χ0n) is 9.50. The Kier molecular flexibility index (Phi) is 5.76. The van der Waals surface area contributed by atoms with Crippen molar-refractivity contribution in [1.82, 2.24) is 5.32 Å².